The van der Waals surface area contributed by atoms with Crippen LogP contribution in [-0.2, 0) is 18.5 Å². The Morgan fingerprint density at radius 2 is 1.95 bits per heavy atom. The molecule has 1 rings (SSSR count). The zero-order chi connectivity index (χ0) is 17.0. The lowest BCUT2D eigenvalue weighted by atomic mass is 10.2. The molecule has 1 aromatic rings. The second kappa shape index (κ2) is 11.2. The number of aliphatic hydroxyl groups excluding tert-OH is 1. The number of rotatable bonds is 6. The Kier molecular flexibility index (Phi) is 9.99. The fourth-order valence-corrected chi connectivity index (χ4v) is 1.66. The van der Waals surface area contributed by atoms with Crippen molar-refractivity contribution < 1.29 is 28.4 Å². The summed E-state index contributed by atoms with van der Waals surface area (Å²) in [7, 11) is -2.96. The van der Waals surface area contributed by atoms with Crippen LogP contribution in [0, 0.1) is 6.92 Å². The summed E-state index contributed by atoms with van der Waals surface area (Å²) < 4.78 is 14.0. The summed E-state index contributed by atoms with van der Waals surface area (Å²) >= 11 is 0. The van der Waals surface area contributed by atoms with Crippen LogP contribution < -0.4 is 0 Å². The highest BCUT2D eigenvalue weighted by molar-refractivity contribution is 6.24. The van der Waals surface area contributed by atoms with Gasteiger partial charge in [-0.2, -0.15) is 9.98 Å². The Hall–Kier alpha value is -2.44. The molecule has 0 saturated carbocycles. The maximum absolute atomic E-state index is 10.00. The van der Waals surface area contributed by atoms with E-state index in [0.29, 0.717) is 17.8 Å². The first-order valence-electron chi connectivity index (χ1n) is 6.28. The van der Waals surface area contributed by atoms with E-state index in [1.807, 2.05) is 6.92 Å². The molecule has 0 aromatic heterocycles. The monoisotopic (exact) mass is 324 g/mol. The van der Waals surface area contributed by atoms with Crippen molar-refractivity contribution >= 4 is 32.7 Å². The Balaban J connectivity index is 0.000000433. The third-order valence-corrected chi connectivity index (χ3v) is 2.78. The number of carbonyl (C=O) groups excluding carboxylic acids is 2. The number of nitrogens with zero attached hydrogens (tertiary/aromatic N) is 2. The second-order valence-corrected chi connectivity index (χ2v) is 4.77. The summed E-state index contributed by atoms with van der Waals surface area (Å²) in [5.41, 5.74) is 1.72. The minimum atomic E-state index is -2.96. The third kappa shape index (κ3) is 8.67. The molecule has 2 N–H and O–H groups in total. The number of isocyanates is 2. The molecule has 0 heterocycles. The summed E-state index contributed by atoms with van der Waals surface area (Å²) in [6.07, 6.45) is 2.89. The van der Waals surface area contributed by atoms with E-state index in [1.165, 1.54) is 18.2 Å². The lowest BCUT2D eigenvalue weighted by Gasteiger charge is -2.06. The highest BCUT2D eigenvalue weighted by Gasteiger charge is 2.10. The molecule has 118 valence electrons. The van der Waals surface area contributed by atoms with E-state index in [9.17, 15) is 14.1 Å². The van der Waals surface area contributed by atoms with Gasteiger partial charge in [-0.15, -0.1) is 0 Å². The summed E-state index contributed by atoms with van der Waals surface area (Å²) in [5.74, 6) is 0. The van der Waals surface area contributed by atoms with Gasteiger partial charge in [-0.1, -0.05) is 19.4 Å². The Morgan fingerprint density at radius 1 is 1.32 bits per heavy atom. The lowest BCUT2D eigenvalue weighted by molar-refractivity contribution is -0.0421. The highest BCUT2D eigenvalue weighted by Crippen LogP contribution is 2.23. The fraction of sp³-hybridized carbons (Fsp3) is 0.385. The number of benzene rings is 1. The molecule has 1 aromatic carbocycles. The molecule has 9 heteroatoms. The fourth-order valence-electron chi connectivity index (χ4n) is 1.31. The summed E-state index contributed by atoms with van der Waals surface area (Å²) in [4.78, 5) is 34.9. The van der Waals surface area contributed by atoms with Gasteiger partial charge >= 0.3 is 9.17 Å². The van der Waals surface area contributed by atoms with Gasteiger partial charge < -0.3 is 14.3 Å². The maximum Gasteiger partial charge on any atom is 0.766 e. The quantitative estimate of drug-likeness (QED) is 0.353. The largest absolute Gasteiger partial charge is 0.766 e. The Morgan fingerprint density at radius 3 is 2.45 bits per heavy atom. The van der Waals surface area contributed by atoms with Gasteiger partial charge in [-0.05, 0) is 24.6 Å². The van der Waals surface area contributed by atoms with Crippen molar-refractivity contribution in [1.29, 1.82) is 0 Å². The van der Waals surface area contributed by atoms with Crippen molar-refractivity contribution in [2.24, 2.45) is 9.98 Å². The molecule has 8 nitrogen and oxygen atoms in total. The van der Waals surface area contributed by atoms with E-state index >= 15 is 0 Å². The van der Waals surface area contributed by atoms with Gasteiger partial charge in [0.15, 0.2) is 6.29 Å². The third-order valence-electron chi connectivity index (χ3n) is 2.31. The van der Waals surface area contributed by atoms with Crippen LogP contribution in [-0.4, -0.2) is 37.5 Å². The van der Waals surface area contributed by atoms with Gasteiger partial charge in [0.25, 0.3) is 0 Å². The van der Waals surface area contributed by atoms with Crippen molar-refractivity contribution in [3.05, 3.63) is 23.8 Å². The molecule has 0 spiro atoms. The van der Waals surface area contributed by atoms with E-state index in [4.69, 9.17) is 9.90 Å². The number of aryl methyl sites for hydroxylation is 1. The second-order valence-electron chi connectivity index (χ2n) is 4.00. The van der Waals surface area contributed by atoms with Crippen LogP contribution in [0.4, 0.5) is 11.4 Å². The Labute approximate surface area is 128 Å². The van der Waals surface area contributed by atoms with E-state index in [1.54, 1.807) is 19.1 Å². The predicted molar refractivity (Wildman–Crippen MR) is 77.4 cm³/mol. The van der Waals surface area contributed by atoms with Gasteiger partial charge in [0, 0.05) is 6.42 Å². The predicted octanol–water partition coefficient (Wildman–Crippen LogP) is 1.46. The van der Waals surface area contributed by atoms with Gasteiger partial charge in [-0.3, -0.25) is 4.46 Å². The molecule has 0 aliphatic heterocycles. The van der Waals surface area contributed by atoms with Crippen LogP contribution in [0.3, 0.4) is 0 Å². The summed E-state index contributed by atoms with van der Waals surface area (Å²) in [5, 5.41) is 8.66. The van der Waals surface area contributed by atoms with E-state index in [-0.39, 0.29) is 0 Å². The van der Waals surface area contributed by atoms with Gasteiger partial charge in [-0.25, -0.2) is 9.59 Å². The molecular weight excluding hydrogens is 308 g/mol. The molecule has 22 heavy (non-hydrogen) atoms. The summed E-state index contributed by atoms with van der Waals surface area (Å²) in [6, 6.07) is 4.88. The van der Waals surface area contributed by atoms with Crippen molar-refractivity contribution in [2.45, 2.75) is 33.0 Å². The Bertz CT molecular complexity index is 594. The smallest absolute Gasteiger partial charge is 0.511 e. The van der Waals surface area contributed by atoms with E-state index < -0.39 is 15.5 Å². The molecule has 1 unspecified atom stereocenters. The highest BCUT2D eigenvalue weighted by atomic mass is 28.3. The van der Waals surface area contributed by atoms with E-state index in [2.05, 4.69) is 14.4 Å². The molecule has 0 aliphatic rings. The molecule has 0 fully saturated rings. The van der Waals surface area contributed by atoms with Crippen molar-refractivity contribution in [2.75, 3.05) is 0 Å². The van der Waals surface area contributed by atoms with Gasteiger partial charge in [0.1, 0.15) is 0 Å². The number of hydrogen-bond acceptors (Lipinski definition) is 7. The first-order chi connectivity index (χ1) is 10.4. The van der Waals surface area contributed by atoms with Crippen LogP contribution in [0.5, 0.6) is 0 Å². The molecule has 1 atom stereocenters. The van der Waals surface area contributed by atoms with Crippen molar-refractivity contribution in [3.63, 3.8) is 0 Å². The zero-order valence-electron chi connectivity index (χ0n) is 12.1. The molecule has 0 saturated heterocycles. The number of aliphatic imine (C=N–C) groups is 2. The number of hydrogen-bond donors (Lipinski definition) is 2. The average Bonchev–Trinajstić information content (AvgIpc) is 2.43. The van der Waals surface area contributed by atoms with Crippen LogP contribution in [0.15, 0.2) is 28.2 Å². The van der Waals surface area contributed by atoms with Crippen LogP contribution in [0.1, 0.15) is 25.3 Å². The lowest BCUT2D eigenvalue weighted by Crippen LogP contribution is -2.18. The van der Waals surface area contributed by atoms with Gasteiger partial charge in [0.05, 0.1) is 11.4 Å². The van der Waals surface area contributed by atoms with Gasteiger partial charge in [0.2, 0.25) is 12.2 Å². The molecule has 0 radical (unpaired) electrons. The average molecular weight is 324 g/mol. The molecule has 0 aliphatic carbocycles. The zero-order valence-corrected chi connectivity index (χ0v) is 13.1. The minimum absolute atomic E-state index is 0.400. The topological polar surface area (TPSA) is 126 Å². The molecule has 0 bridgehead atoms. The SMILES string of the molecule is CCCC(O)O[Si](=O)O.Cc1ccc(N=C=O)cc1N=C=O. The van der Waals surface area contributed by atoms with Crippen molar-refractivity contribution in [3.8, 4) is 0 Å². The maximum atomic E-state index is 10.00. The summed E-state index contributed by atoms with van der Waals surface area (Å²) in [6.45, 7) is 3.64. The van der Waals surface area contributed by atoms with Crippen molar-refractivity contribution in [1.82, 2.24) is 0 Å². The molecular formula is C13H16N2O6Si. The standard InChI is InChI=1S/C9H6N2O2.C4H10O4Si/c1-7-2-3-8(10-5-12)4-9(7)11-6-13;1-2-3-4(5)8-9(6)7/h2-4H,1H3;4-6H,2-3H2,1H3. The van der Waals surface area contributed by atoms with E-state index in [0.717, 1.165) is 12.0 Å². The van der Waals surface area contributed by atoms with Crippen LogP contribution in [0.2, 0.25) is 0 Å². The minimum Gasteiger partial charge on any atom is -0.511 e. The number of aliphatic hydroxyl groups is 1. The normalized spacial score (nSPS) is 10.1. The van der Waals surface area contributed by atoms with Crippen LogP contribution >= 0.6 is 0 Å². The molecule has 0 amide bonds. The van der Waals surface area contributed by atoms with Crippen LogP contribution in [0.25, 0.3) is 0 Å². The first kappa shape index (κ1) is 19.6. The first-order valence-corrected chi connectivity index (χ1v) is 7.55.